The van der Waals surface area contributed by atoms with Crippen molar-refractivity contribution in [2.45, 2.75) is 32.1 Å². The Balaban J connectivity index is 1.63. The minimum Gasteiger partial charge on any atom is -0.481 e. The van der Waals surface area contributed by atoms with Crippen LogP contribution in [0.25, 0.3) is 23.4 Å². The summed E-state index contributed by atoms with van der Waals surface area (Å²) < 4.78 is 26.6. The molecule has 174 valence electrons. The zero-order valence-electron chi connectivity index (χ0n) is 18.3. The second-order valence-corrected chi connectivity index (χ2v) is 8.11. The summed E-state index contributed by atoms with van der Waals surface area (Å²) in [6.07, 6.45) is 5.70. The smallest absolute Gasteiger partial charge is 0.303 e. The number of carbonyl (C=O) groups is 2. The highest BCUT2D eigenvalue weighted by Gasteiger charge is 2.19. The SMILES string of the molecule is O=C(O)CCCCc1nc2c(nc1-c1ccc(F)cc1)=CCC(C(=O)Nc1ccc(F)cc1)C=2. The van der Waals surface area contributed by atoms with Crippen LogP contribution in [0.3, 0.4) is 0 Å². The molecular formula is C26H23F2N3O3. The van der Waals surface area contributed by atoms with Gasteiger partial charge < -0.3 is 10.4 Å². The van der Waals surface area contributed by atoms with Gasteiger partial charge in [-0.2, -0.15) is 0 Å². The number of hydrogen-bond acceptors (Lipinski definition) is 4. The van der Waals surface area contributed by atoms with Crippen LogP contribution in [0, 0.1) is 17.6 Å². The fourth-order valence-electron chi connectivity index (χ4n) is 3.80. The van der Waals surface area contributed by atoms with Gasteiger partial charge >= 0.3 is 5.97 Å². The molecule has 0 fully saturated rings. The Labute approximate surface area is 194 Å². The van der Waals surface area contributed by atoms with E-state index in [0.717, 1.165) is 5.56 Å². The lowest BCUT2D eigenvalue weighted by atomic mass is 9.99. The molecule has 0 saturated carbocycles. The van der Waals surface area contributed by atoms with Crippen molar-refractivity contribution in [3.63, 3.8) is 0 Å². The number of anilines is 1. The zero-order chi connectivity index (χ0) is 24.1. The normalized spacial score (nSPS) is 14.5. The van der Waals surface area contributed by atoms with Crippen LogP contribution in [0.15, 0.2) is 48.5 Å². The maximum atomic E-state index is 13.4. The molecule has 2 aromatic carbocycles. The lowest BCUT2D eigenvalue weighted by Gasteiger charge is -2.15. The predicted molar refractivity (Wildman–Crippen MR) is 124 cm³/mol. The van der Waals surface area contributed by atoms with Crippen molar-refractivity contribution in [2.24, 2.45) is 5.92 Å². The van der Waals surface area contributed by atoms with Gasteiger partial charge in [-0.25, -0.2) is 18.7 Å². The fourth-order valence-corrected chi connectivity index (χ4v) is 3.80. The molecule has 1 aliphatic carbocycles. The van der Waals surface area contributed by atoms with Gasteiger partial charge in [-0.1, -0.05) is 6.08 Å². The molecule has 0 radical (unpaired) electrons. The Hall–Kier alpha value is -3.94. The van der Waals surface area contributed by atoms with Crippen LogP contribution in [-0.2, 0) is 16.0 Å². The highest BCUT2D eigenvalue weighted by molar-refractivity contribution is 5.96. The number of aryl methyl sites for hydroxylation is 1. The van der Waals surface area contributed by atoms with Gasteiger partial charge in [-0.3, -0.25) is 9.59 Å². The van der Waals surface area contributed by atoms with E-state index < -0.39 is 11.9 Å². The molecule has 2 N–H and O–H groups in total. The third-order valence-electron chi connectivity index (χ3n) is 5.57. The number of carboxylic acid groups (broad SMARTS) is 1. The maximum Gasteiger partial charge on any atom is 0.303 e. The molecule has 0 aliphatic heterocycles. The molecule has 8 heteroatoms. The van der Waals surface area contributed by atoms with Gasteiger partial charge in [-0.05, 0) is 80.3 Å². The number of rotatable bonds is 8. The van der Waals surface area contributed by atoms with Crippen LogP contribution < -0.4 is 16.0 Å². The van der Waals surface area contributed by atoms with Crippen molar-refractivity contribution >= 4 is 29.7 Å². The van der Waals surface area contributed by atoms with Crippen molar-refractivity contribution in [1.82, 2.24) is 9.97 Å². The largest absolute Gasteiger partial charge is 0.481 e. The number of hydrogen-bond donors (Lipinski definition) is 2. The van der Waals surface area contributed by atoms with E-state index in [-0.39, 0.29) is 24.0 Å². The molecule has 1 heterocycles. The molecule has 1 unspecified atom stereocenters. The number of halogens is 2. The predicted octanol–water partition coefficient (Wildman–Crippen LogP) is 3.44. The van der Waals surface area contributed by atoms with Gasteiger partial charge in [0.2, 0.25) is 5.91 Å². The molecule has 1 aliphatic rings. The number of nitrogens with one attached hydrogen (secondary N) is 1. The number of amides is 1. The maximum absolute atomic E-state index is 13.4. The van der Waals surface area contributed by atoms with E-state index in [0.29, 0.717) is 53.5 Å². The van der Waals surface area contributed by atoms with Crippen LogP contribution in [0.4, 0.5) is 14.5 Å². The van der Waals surface area contributed by atoms with Crippen LogP contribution >= 0.6 is 0 Å². The monoisotopic (exact) mass is 463 g/mol. The van der Waals surface area contributed by atoms with Crippen LogP contribution in [0.1, 0.15) is 31.4 Å². The molecule has 34 heavy (non-hydrogen) atoms. The van der Waals surface area contributed by atoms with Gasteiger partial charge in [0.25, 0.3) is 0 Å². The first-order chi connectivity index (χ1) is 16.4. The van der Waals surface area contributed by atoms with Crippen LogP contribution in [0.2, 0.25) is 0 Å². The fraction of sp³-hybridized carbons (Fsp3) is 0.231. The standard InChI is InChI=1S/C26H23F2N3O3/c27-18-8-5-16(6-9-18)25-22(3-1-2-4-24(32)33)30-23-15-17(7-14-21(23)31-25)26(34)29-20-12-10-19(28)11-13-20/h5-6,8-15,17H,1-4,7H2,(H,29,34)(H,32,33). The number of fused-ring (bicyclic) bond motifs is 1. The Kier molecular flexibility index (Phi) is 7.06. The minimum absolute atomic E-state index is 0.0653. The van der Waals surface area contributed by atoms with Gasteiger partial charge in [0.05, 0.1) is 28.0 Å². The summed E-state index contributed by atoms with van der Waals surface area (Å²) in [6.45, 7) is 0. The second kappa shape index (κ2) is 10.3. The minimum atomic E-state index is -0.853. The van der Waals surface area contributed by atoms with E-state index in [1.54, 1.807) is 18.2 Å². The Morgan fingerprint density at radius 1 is 0.941 bits per heavy atom. The van der Waals surface area contributed by atoms with Crippen molar-refractivity contribution in [1.29, 1.82) is 0 Å². The highest BCUT2D eigenvalue weighted by atomic mass is 19.1. The second-order valence-electron chi connectivity index (χ2n) is 8.11. The quantitative estimate of drug-likeness (QED) is 0.500. The summed E-state index contributed by atoms with van der Waals surface area (Å²) in [5, 5.41) is 12.9. The Morgan fingerprint density at radius 2 is 1.62 bits per heavy atom. The summed E-state index contributed by atoms with van der Waals surface area (Å²) in [5.41, 5.74) is 2.50. The molecule has 6 nitrogen and oxygen atoms in total. The number of nitrogens with zero attached hydrogens (tertiary/aromatic N) is 2. The average Bonchev–Trinajstić information content (AvgIpc) is 2.83. The van der Waals surface area contributed by atoms with E-state index in [9.17, 15) is 18.4 Å². The summed E-state index contributed by atoms with van der Waals surface area (Å²) in [6, 6.07) is 11.5. The third kappa shape index (κ3) is 5.70. The molecule has 0 saturated heterocycles. The number of aromatic nitrogens is 2. The first-order valence-electron chi connectivity index (χ1n) is 11.0. The number of carbonyl (C=O) groups excluding carboxylic acids is 1. The van der Waals surface area contributed by atoms with Gasteiger partial charge in [0.15, 0.2) is 0 Å². The summed E-state index contributed by atoms with van der Waals surface area (Å²) in [5.74, 6) is -2.29. The van der Waals surface area contributed by atoms with E-state index in [4.69, 9.17) is 15.1 Å². The van der Waals surface area contributed by atoms with E-state index in [1.165, 1.54) is 36.4 Å². The molecule has 0 bridgehead atoms. The molecular weight excluding hydrogens is 440 g/mol. The number of unbranched alkanes of at least 4 members (excludes halogenated alkanes) is 1. The zero-order valence-corrected chi connectivity index (χ0v) is 18.3. The lowest BCUT2D eigenvalue weighted by molar-refractivity contribution is -0.137. The average molecular weight is 463 g/mol. The van der Waals surface area contributed by atoms with E-state index >= 15 is 0 Å². The first kappa shape index (κ1) is 23.2. The van der Waals surface area contributed by atoms with Crippen LogP contribution in [-0.4, -0.2) is 27.0 Å². The number of carboxylic acids is 1. The van der Waals surface area contributed by atoms with Crippen molar-refractivity contribution in [2.75, 3.05) is 5.32 Å². The Morgan fingerprint density at radius 3 is 2.29 bits per heavy atom. The van der Waals surface area contributed by atoms with Crippen molar-refractivity contribution in [3.05, 3.63) is 76.6 Å². The summed E-state index contributed by atoms with van der Waals surface area (Å²) in [7, 11) is 0. The van der Waals surface area contributed by atoms with E-state index in [2.05, 4.69) is 5.32 Å². The first-order valence-corrected chi connectivity index (χ1v) is 11.0. The van der Waals surface area contributed by atoms with Gasteiger partial charge in [0, 0.05) is 17.7 Å². The highest BCUT2D eigenvalue weighted by Crippen LogP contribution is 2.21. The van der Waals surface area contributed by atoms with Gasteiger partial charge in [0.1, 0.15) is 11.6 Å². The number of aliphatic carboxylic acids is 1. The topological polar surface area (TPSA) is 92.2 Å². The molecule has 0 spiro atoms. The molecule has 1 aromatic heterocycles. The molecule has 1 atom stereocenters. The Bertz CT molecular complexity index is 1320. The van der Waals surface area contributed by atoms with Crippen LogP contribution in [0.5, 0.6) is 0 Å². The lowest BCUT2D eigenvalue weighted by Crippen LogP contribution is -2.38. The van der Waals surface area contributed by atoms with Crippen molar-refractivity contribution in [3.8, 4) is 11.3 Å². The van der Waals surface area contributed by atoms with Crippen molar-refractivity contribution < 1.29 is 23.5 Å². The third-order valence-corrected chi connectivity index (χ3v) is 5.57. The molecule has 3 aromatic rings. The van der Waals surface area contributed by atoms with E-state index in [1.807, 2.05) is 6.08 Å². The molecule has 4 rings (SSSR count). The summed E-state index contributed by atoms with van der Waals surface area (Å²) >= 11 is 0. The number of benzene rings is 2. The van der Waals surface area contributed by atoms with Gasteiger partial charge in [-0.15, -0.1) is 0 Å². The summed E-state index contributed by atoms with van der Waals surface area (Å²) in [4.78, 5) is 33.1. The molecule has 1 amide bonds.